The Hall–Kier alpha value is -2.51. The number of nitrogens with zero attached hydrogens (tertiary/aromatic N) is 1. The number of hydrogen-bond acceptors (Lipinski definition) is 3. The highest BCUT2D eigenvalue weighted by Crippen LogP contribution is 2.17. The van der Waals surface area contributed by atoms with Gasteiger partial charge >= 0.3 is 5.97 Å². The molecule has 1 heterocycles. The van der Waals surface area contributed by atoms with E-state index in [1.807, 2.05) is 0 Å². The Bertz CT molecular complexity index is 606. The Morgan fingerprint density at radius 1 is 1.38 bits per heavy atom. The molecule has 0 spiro atoms. The summed E-state index contributed by atoms with van der Waals surface area (Å²) in [6.07, 6.45) is -0.603. The summed E-state index contributed by atoms with van der Waals surface area (Å²) in [4.78, 5) is 35.7. The first-order valence-electron chi connectivity index (χ1n) is 6.15. The van der Waals surface area contributed by atoms with E-state index in [1.54, 1.807) is 0 Å². The maximum atomic E-state index is 13.6. The van der Waals surface area contributed by atoms with E-state index in [1.165, 1.54) is 0 Å². The van der Waals surface area contributed by atoms with E-state index in [4.69, 9.17) is 5.11 Å². The van der Waals surface area contributed by atoms with E-state index in [0.29, 0.717) is 0 Å². The van der Waals surface area contributed by atoms with E-state index >= 15 is 0 Å². The molecule has 112 valence electrons. The van der Waals surface area contributed by atoms with Gasteiger partial charge in [0.05, 0.1) is 12.0 Å². The summed E-state index contributed by atoms with van der Waals surface area (Å²) >= 11 is 0. The molecule has 0 saturated carbocycles. The molecule has 0 aliphatic carbocycles. The largest absolute Gasteiger partial charge is 0.481 e. The van der Waals surface area contributed by atoms with Gasteiger partial charge in [-0.3, -0.25) is 14.4 Å². The molecule has 1 fully saturated rings. The Morgan fingerprint density at radius 2 is 2.10 bits per heavy atom. The van der Waals surface area contributed by atoms with Gasteiger partial charge in [0.2, 0.25) is 5.91 Å². The molecule has 1 aromatic rings. The zero-order valence-corrected chi connectivity index (χ0v) is 10.8. The molecule has 0 radical (unpaired) electrons. The van der Waals surface area contributed by atoms with Crippen molar-refractivity contribution in [2.75, 3.05) is 13.1 Å². The normalized spacial score (nSPS) is 18.3. The van der Waals surface area contributed by atoms with Gasteiger partial charge in [0.15, 0.2) is 0 Å². The van der Waals surface area contributed by atoms with Gasteiger partial charge in [0.1, 0.15) is 17.7 Å². The monoisotopic (exact) mass is 298 g/mol. The van der Waals surface area contributed by atoms with Gasteiger partial charge in [0, 0.05) is 13.1 Å². The first-order chi connectivity index (χ1) is 9.90. The molecule has 1 aliphatic rings. The number of hydrogen-bond donors (Lipinski definition) is 2. The van der Waals surface area contributed by atoms with Crippen molar-refractivity contribution in [1.29, 1.82) is 0 Å². The second-order valence-electron chi connectivity index (χ2n) is 4.53. The Morgan fingerprint density at radius 3 is 2.76 bits per heavy atom. The van der Waals surface area contributed by atoms with Crippen LogP contribution in [0.15, 0.2) is 18.2 Å². The second-order valence-corrected chi connectivity index (χ2v) is 4.53. The molecule has 6 nitrogen and oxygen atoms in total. The highest BCUT2D eigenvalue weighted by Gasteiger charge is 2.36. The number of piperazine rings is 1. The quantitative estimate of drug-likeness (QED) is 0.844. The maximum absolute atomic E-state index is 13.6. The van der Waals surface area contributed by atoms with Crippen LogP contribution in [0.5, 0.6) is 0 Å². The van der Waals surface area contributed by atoms with Crippen molar-refractivity contribution in [3.05, 3.63) is 35.4 Å². The average molecular weight is 298 g/mol. The third-order valence-electron chi connectivity index (χ3n) is 3.12. The molecule has 1 aromatic carbocycles. The zero-order chi connectivity index (χ0) is 15.6. The Balaban J connectivity index is 2.32. The molecule has 8 heteroatoms. The van der Waals surface area contributed by atoms with Crippen LogP contribution in [0.25, 0.3) is 0 Å². The lowest BCUT2D eigenvalue weighted by molar-refractivity contribution is -0.142. The van der Waals surface area contributed by atoms with Gasteiger partial charge in [-0.05, 0) is 18.2 Å². The first-order valence-corrected chi connectivity index (χ1v) is 6.15. The van der Waals surface area contributed by atoms with Gasteiger partial charge in [0.25, 0.3) is 5.91 Å². The van der Waals surface area contributed by atoms with Crippen molar-refractivity contribution in [2.24, 2.45) is 0 Å². The van der Waals surface area contributed by atoms with Crippen molar-refractivity contribution in [2.45, 2.75) is 12.5 Å². The number of carboxylic acids is 1. The molecule has 2 amide bonds. The number of halogens is 2. The number of nitrogens with one attached hydrogen (secondary N) is 1. The minimum Gasteiger partial charge on any atom is -0.481 e. The summed E-state index contributed by atoms with van der Waals surface area (Å²) in [7, 11) is 0. The Kier molecular flexibility index (Phi) is 4.15. The lowest BCUT2D eigenvalue weighted by Crippen LogP contribution is -2.57. The van der Waals surface area contributed by atoms with Crippen LogP contribution in [0, 0.1) is 11.6 Å². The first kappa shape index (κ1) is 14.9. The van der Waals surface area contributed by atoms with E-state index in [0.717, 1.165) is 23.1 Å². The smallest absolute Gasteiger partial charge is 0.305 e. The number of carboxylic acid groups (broad SMARTS) is 1. The van der Waals surface area contributed by atoms with Crippen molar-refractivity contribution < 1.29 is 28.3 Å². The molecule has 1 atom stereocenters. The van der Waals surface area contributed by atoms with E-state index in [9.17, 15) is 23.2 Å². The maximum Gasteiger partial charge on any atom is 0.305 e. The lowest BCUT2D eigenvalue weighted by atomic mass is 10.1. The van der Waals surface area contributed by atoms with Gasteiger partial charge in [-0.25, -0.2) is 8.78 Å². The summed E-state index contributed by atoms with van der Waals surface area (Å²) in [6.45, 7) is 0.149. The van der Waals surface area contributed by atoms with Crippen LogP contribution in [-0.4, -0.2) is 46.9 Å². The summed E-state index contributed by atoms with van der Waals surface area (Å²) < 4.78 is 26.8. The molecule has 2 rings (SSSR count). The molecule has 0 bridgehead atoms. The van der Waals surface area contributed by atoms with Crippen LogP contribution in [-0.2, 0) is 9.59 Å². The minimum absolute atomic E-state index is 0.0263. The molecular weight excluding hydrogens is 286 g/mol. The zero-order valence-electron chi connectivity index (χ0n) is 10.8. The third kappa shape index (κ3) is 3.15. The molecule has 1 saturated heterocycles. The van der Waals surface area contributed by atoms with Crippen LogP contribution in [0.4, 0.5) is 8.78 Å². The summed E-state index contributed by atoms with van der Waals surface area (Å²) in [5, 5.41) is 11.2. The van der Waals surface area contributed by atoms with E-state index in [-0.39, 0.29) is 13.1 Å². The topological polar surface area (TPSA) is 86.7 Å². The predicted molar refractivity (Wildman–Crippen MR) is 66.4 cm³/mol. The fraction of sp³-hybridized carbons (Fsp3) is 0.308. The van der Waals surface area contributed by atoms with Crippen molar-refractivity contribution >= 4 is 17.8 Å². The van der Waals surface area contributed by atoms with Crippen LogP contribution in [0.2, 0.25) is 0 Å². The van der Waals surface area contributed by atoms with Crippen LogP contribution < -0.4 is 5.32 Å². The highest BCUT2D eigenvalue weighted by molar-refractivity contribution is 5.99. The van der Waals surface area contributed by atoms with Crippen LogP contribution in [0.1, 0.15) is 16.8 Å². The summed E-state index contributed by atoms with van der Waals surface area (Å²) in [5.74, 6) is -4.53. The molecule has 1 unspecified atom stereocenters. The number of aliphatic carboxylic acids is 1. The van der Waals surface area contributed by atoms with Gasteiger partial charge in [-0.2, -0.15) is 0 Å². The number of benzene rings is 1. The lowest BCUT2D eigenvalue weighted by Gasteiger charge is -2.34. The predicted octanol–water partition coefficient (Wildman–Crippen LogP) is 0.380. The summed E-state index contributed by atoms with van der Waals surface area (Å²) in [5.41, 5.74) is -0.528. The molecule has 21 heavy (non-hydrogen) atoms. The van der Waals surface area contributed by atoms with Crippen molar-refractivity contribution in [1.82, 2.24) is 10.2 Å². The summed E-state index contributed by atoms with van der Waals surface area (Å²) in [6, 6.07) is 1.15. The van der Waals surface area contributed by atoms with Crippen molar-refractivity contribution in [3.8, 4) is 0 Å². The fourth-order valence-corrected chi connectivity index (χ4v) is 2.14. The molecule has 1 aliphatic heterocycles. The molecule has 2 N–H and O–H groups in total. The van der Waals surface area contributed by atoms with Crippen molar-refractivity contribution in [3.63, 3.8) is 0 Å². The van der Waals surface area contributed by atoms with Gasteiger partial charge in [-0.15, -0.1) is 0 Å². The van der Waals surface area contributed by atoms with Gasteiger partial charge in [-0.1, -0.05) is 0 Å². The molecular formula is C13H12F2N2O4. The fourth-order valence-electron chi connectivity index (χ4n) is 2.14. The van der Waals surface area contributed by atoms with Crippen LogP contribution >= 0.6 is 0 Å². The van der Waals surface area contributed by atoms with E-state index in [2.05, 4.69) is 5.32 Å². The number of rotatable bonds is 3. The minimum atomic E-state index is -1.27. The van der Waals surface area contributed by atoms with E-state index < -0.39 is 47.4 Å². The van der Waals surface area contributed by atoms with Gasteiger partial charge < -0.3 is 15.3 Å². The SMILES string of the molecule is O=C(O)CC1C(=O)NCCN1C(=O)c1cc(F)ccc1F. The number of carbonyl (C=O) groups excluding carboxylic acids is 2. The second kappa shape index (κ2) is 5.86. The number of amides is 2. The number of carbonyl (C=O) groups is 3. The third-order valence-corrected chi connectivity index (χ3v) is 3.12. The standard InChI is InChI=1S/C13H12F2N2O4/c14-7-1-2-9(15)8(5-7)13(21)17-4-3-16-12(20)10(17)6-11(18)19/h1-2,5,10H,3-4,6H2,(H,16,20)(H,18,19). The average Bonchev–Trinajstić information content (AvgIpc) is 2.42. The van der Waals surface area contributed by atoms with Crippen LogP contribution in [0.3, 0.4) is 0 Å². The Labute approximate surface area is 118 Å². The highest BCUT2D eigenvalue weighted by atomic mass is 19.1. The molecule has 0 aromatic heterocycles.